The zero-order valence-corrected chi connectivity index (χ0v) is 14.2. The van der Waals surface area contributed by atoms with Gasteiger partial charge in [-0.25, -0.2) is 4.79 Å². The first-order valence-electron chi connectivity index (χ1n) is 7.73. The van der Waals surface area contributed by atoms with Crippen molar-refractivity contribution in [2.45, 2.75) is 0 Å². The van der Waals surface area contributed by atoms with Gasteiger partial charge in [-0.1, -0.05) is 30.3 Å². The Hall–Kier alpha value is -3.52. The van der Waals surface area contributed by atoms with Crippen LogP contribution in [0.1, 0.15) is 0 Å². The monoisotopic (exact) mass is 363 g/mol. The SMILES string of the molecule is NC(=S)Nc1ccc2cc(-n3ncc(-c4ccccc4)n3)c(=O)oc2c1. The van der Waals surface area contributed by atoms with Crippen molar-refractivity contribution in [2.24, 2.45) is 5.73 Å². The molecule has 0 unspecified atom stereocenters. The first kappa shape index (κ1) is 16.0. The van der Waals surface area contributed by atoms with Crippen molar-refractivity contribution in [1.82, 2.24) is 15.0 Å². The van der Waals surface area contributed by atoms with Crippen molar-refractivity contribution in [3.63, 3.8) is 0 Å². The summed E-state index contributed by atoms with van der Waals surface area (Å²) < 4.78 is 5.40. The molecule has 0 aliphatic heterocycles. The molecule has 2 aromatic heterocycles. The number of benzene rings is 2. The van der Waals surface area contributed by atoms with E-state index in [1.54, 1.807) is 30.5 Å². The molecule has 0 atom stereocenters. The summed E-state index contributed by atoms with van der Waals surface area (Å²) in [5.41, 5.74) is 7.78. The van der Waals surface area contributed by atoms with Crippen LogP contribution >= 0.6 is 12.2 Å². The number of fused-ring (bicyclic) bond motifs is 1. The molecule has 4 rings (SSSR count). The van der Waals surface area contributed by atoms with Crippen molar-refractivity contribution in [3.8, 4) is 16.9 Å². The topological polar surface area (TPSA) is 99.0 Å². The van der Waals surface area contributed by atoms with Gasteiger partial charge in [0.25, 0.3) is 0 Å². The van der Waals surface area contributed by atoms with E-state index in [2.05, 4.69) is 15.5 Å². The molecule has 0 fully saturated rings. The van der Waals surface area contributed by atoms with Crippen molar-refractivity contribution >= 4 is 34.0 Å². The van der Waals surface area contributed by atoms with Gasteiger partial charge in [0, 0.05) is 22.7 Å². The van der Waals surface area contributed by atoms with Gasteiger partial charge in [0.05, 0.1) is 6.20 Å². The van der Waals surface area contributed by atoms with Crippen molar-refractivity contribution in [3.05, 3.63) is 71.2 Å². The molecule has 4 aromatic rings. The molecule has 0 amide bonds. The third-order valence-electron chi connectivity index (χ3n) is 3.76. The Morgan fingerprint density at radius 1 is 1.15 bits per heavy atom. The van der Waals surface area contributed by atoms with Crippen LogP contribution in [0.2, 0.25) is 0 Å². The minimum Gasteiger partial charge on any atom is -0.421 e. The lowest BCUT2D eigenvalue weighted by Crippen LogP contribution is -2.18. The van der Waals surface area contributed by atoms with Gasteiger partial charge in [-0.15, -0.1) is 9.90 Å². The predicted octanol–water partition coefficient (Wildman–Crippen LogP) is 2.70. The largest absolute Gasteiger partial charge is 0.421 e. The summed E-state index contributed by atoms with van der Waals surface area (Å²) in [6, 6.07) is 16.5. The zero-order valence-electron chi connectivity index (χ0n) is 13.4. The van der Waals surface area contributed by atoms with Gasteiger partial charge in [-0.3, -0.25) is 0 Å². The van der Waals surface area contributed by atoms with Gasteiger partial charge in [-0.2, -0.15) is 5.10 Å². The summed E-state index contributed by atoms with van der Waals surface area (Å²) in [5.74, 6) is 0. The fraction of sp³-hybridized carbons (Fsp3) is 0. The lowest BCUT2D eigenvalue weighted by Gasteiger charge is -2.05. The molecule has 0 aliphatic rings. The second kappa shape index (κ2) is 6.41. The maximum Gasteiger partial charge on any atom is 0.364 e. The molecular weight excluding hydrogens is 350 g/mol. The van der Waals surface area contributed by atoms with Gasteiger partial charge >= 0.3 is 5.63 Å². The fourth-order valence-electron chi connectivity index (χ4n) is 2.58. The molecule has 0 saturated heterocycles. The lowest BCUT2D eigenvalue weighted by molar-refractivity contribution is 0.546. The molecule has 0 bridgehead atoms. The average Bonchev–Trinajstić information content (AvgIpc) is 3.11. The van der Waals surface area contributed by atoms with Gasteiger partial charge in [0.1, 0.15) is 11.3 Å². The third-order valence-corrected chi connectivity index (χ3v) is 3.86. The summed E-state index contributed by atoms with van der Waals surface area (Å²) in [4.78, 5) is 13.6. The van der Waals surface area contributed by atoms with Crippen LogP contribution in [0.15, 0.2) is 70.0 Å². The highest BCUT2D eigenvalue weighted by Crippen LogP contribution is 2.20. The predicted molar refractivity (Wildman–Crippen MR) is 103 cm³/mol. The number of aromatic nitrogens is 3. The van der Waals surface area contributed by atoms with Crippen LogP contribution in [0.5, 0.6) is 0 Å². The van der Waals surface area contributed by atoms with Gasteiger partial charge < -0.3 is 15.5 Å². The van der Waals surface area contributed by atoms with Gasteiger partial charge in [-0.05, 0) is 30.4 Å². The summed E-state index contributed by atoms with van der Waals surface area (Å²) in [7, 11) is 0. The maximum atomic E-state index is 12.4. The van der Waals surface area contributed by atoms with E-state index in [0.29, 0.717) is 17.0 Å². The number of anilines is 1. The van der Waals surface area contributed by atoms with Crippen molar-refractivity contribution < 1.29 is 4.42 Å². The van der Waals surface area contributed by atoms with Crippen molar-refractivity contribution in [2.75, 3.05) is 5.32 Å². The Kier molecular flexibility index (Phi) is 3.94. The third kappa shape index (κ3) is 3.05. The summed E-state index contributed by atoms with van der Waals surface area (Å²) in [6.07, 6.45) is 1.61. The standard InChI is InChI=1S/C18H13N5O2S/c19-18(26)21-13-7-6-12-8-15(17(24)25-16(12)9-13)23-20-10-14(22-23)11-4-2-1-3-5-11/h1-10H,(H3,19,21,26). The Balaban J connectivity index is 1.75. The van der Waals surface area contributed by atoms with Crippen LogP contribution in [0, 0.1) is 0 Å². The van der Waals surface area contributed by atoms with Gasteiger partial charge in [0.15, 0.2) is 10.8 Å². The van der Waals surface area contributed by atoms with Crippen LogP contribution < -0.4 is 16.7 Å². The second-order valence-electron chi connectivity index (χ2n) is 5.55. The summed E-state index contributed by atoms with van der Waals surface area (Å²) in [5, 5.41) is 12.2. The first-order chi connectivity index (χ1) is 12.6. The van der Waals surface area contributed by atoms with E-state index in [1.165, 1.54) is 4.80 Å². The number of nitrogens with zero attached hydrogens (tertiary/aromatic N) is 3. The number of hydrogen-bond donors (Lipinski definition) is 2. The Morgan fingerprint density at radius 2 is 1.96 bits per heavy atom. The van der Waals surface area contributed by atoms with Crippen LogP contribution in [0.4, 0.5) is 5.69 Å². The first-order valence-corrected chi connectivity index (χ1v) is 8.13. The van der Waals surface area contributed by atoms with E-state index in [9.17, 15) is 4.79 Å². The molecule has 0 spiro atoms. The number of rotatable bonds is 3. The molecule has 0 aliphatic carbocycles. The quantitative estimate of drug-likeness (QED) is 0.426. The molecule has 8 heteroatoms. The van der Waals surface area contributed by atoms with E-state index in [-0.39, 0.29) is 10.8 Å². The molecule has 26 heavy (non-hydrogen) atoms. The molecule has 0 radical (unpaired) electrons. The minimum atomic E-state index is -0.541. The highest BCUT2D eigenvalue weighted by Gasteiger charge is 2.12. The fourth-order valence-corrected chi connectivity index (χ4v) is 2.70. The van der Waals surface area contributed by atoms with E-state index >= 15 is 0 Å². The average molecular weight is 363 g/mol. The van der Waals surface area contributed by atoms with E-state index in [0.717, 1.165) is 10.9 Å². The molecule has 2 aromatic carbocycles. The van der Waals surface area contributed by atoms with Crippen LogP contribution in [0.3, 0.4) is 0 Å². The number of thiocarbonyl (C=S) groups is 1. The Bertz CT molecular complexity index is 1170. The van der Waals surface area contributed by atoms with Crippen molar-refractivity contribution in [1.29, 1.82) is 0 Å². The second-order valence-corrected chi connectivity index (χ2v) is 5.99. The van der Waals surface area contributed by atoms with E-state index < -0.39 is 5.63 Å². The highest BCUT2D eigenvalue weighted by molar-refractivity contribution is 7.80. The number of nitrogens with one attached hydrogen (secondary N) is 1. The maximum absolute atomic E-state index is 12.4. The van der Waals surface area contributed by atoms with E-state index in [4.69, 9.17) is 22.4 Å². The number of nitrogens with two attached hydrogens (primary N) is 1. The van der Waals surface area contributed by atoms with Crippen LogP contribution in [-0.4, -0.2) is 20.1 Å². The smallest absolute Gasteiger partial charge is 0.364 e. The van der Waals surface area contributed by atoms with Crippen LogP contribution in [0.25, 0.3) is 27.9 Å². The molecule has 7 nitrogen and oxygen atoms in total. The molecular formula is C18H13N5O2S. The normalized spacial score (nSPS) is 10.8. The molecule has 3 N–H and O–H groups in total. The Morgan fingerprint density at radius 3 is 2.73 bits per heavy atom. The summed E-state index contributed by atoms with van der Waals surface area (Å²) >= 11 is 4.81. The zero-order chi connectivity index (χ0) is 18.1. The molecule has 128 valence electrons. The highest BCUT2D eigenvalue weighted by atomic mass is 32.1. The lowest BCUT2D eigenvalue weighted by atomic mass is 10.2. The minimum absolute atomic E-state index is 0.137. The number of hydrogen-bond acceptors (Lipinski definition) is 5. The summed E-state index contributed by atoms with van der Waals surface area (Å²) in [6.45, 7) is 0. The van der Waals surface area contributed by atoms with Gasteiger partial charge in [0.2, 0.25) is 0 Å². The molecule has 0 saturated carbocycles. The molecule has 2 heterocycles. The van der Waals surface area contributed by atoms with E-state index in [1.807, 2.05) is 30.3 Å². The van der Waals surface area contributed by atoms with Crippen LogP contribution in [-0.2, 0) is 0 Å². The Labute approximate surface area is 153 Å².